The molecule has 0 heterocycles. The van der Waals surface area contributed by atoms with Gasteiger partial charge in [-0.15, -0.1) is 0 Å². The van der Waals surface area contributed by atoms with Crippen molar-refractivity contribution in [1.82, 2.24) is 0 Å². The standard InChI is InChI=1S/C72H128O6/c1-4-7-10-13-16-19-22-24-26-28-29-30-31-32-33-34-35-36-37-38-39-40-41-42-43-44-46-47-50-53-56-59-62-65-71(74)77-68-69(67-76-70(73)64-61-58-55-52-49-21-18-15-12-9-6-3)78-72(75)66-63-60-57-54-51-48-45-27-25-23-20-17-14-11-8-5-2/h7,10,16,19,24,26,29-30,32-33,35-36,69H,4-6,8-9,11-15,17-18,20-23,25,27-28,31,34,37-68H2,1-3H3/b10-7-,19-16-,26-24-,30-29-,33-32-,36-35-. The first kappa shape index (κ1) is 74.8. The van der Waals surface area contributed by atoms with Crippen molar-refractivity contribution in [2.24, 2.45) is 0 Å². The van der Waals surface area contributed by atoms with E-state index in [-0.39, 0.29) is 31.1 Å². The fourth-order valence-electron chi connectivity index (χ4n) is 9.92. The van der Waals surface area contributed by atoms with E-state index in [2.05, 4.69) is 93.7 Å². The minimum atomic E-state index is -0.770. The van der Waals surface area contributed by atoms with Gasteiger partial charge < -0.3 is 14.2 Å². The normalized spacial score (nSPS) is 12.5. The molecule has 1 unspecified atom stereocenters. The summed E-state index contributed by atoms with van der Waals surface area (Å²) in [6.45, 7) is 6.57. The molecule has 0 bridgehead atoms. The fourth-order valence-corrected chi connectivity index (χ4v) is 9.92. The molecule has 0 amide bonds. The van der Waals surface area contributed by atoms with Crippen molar-refractivity contribution in [1.29, 1.82) is 0 Å². The predicted octanol–water partition coefficient (Wildman–Crippen LogP) is 23.3. The summed E-state index contributed by atoms with van der Waals surface area (Å²) in [7, 11) is 0. The Labute approximate surface area is 484 Å². The first-order valence-electron chi connectivity index (χ1n) is 33.9. The number of esters is 3. The molecule has 452 valence electrons. The van der Waals surface area contributed by atoms with E-state index >= 15 is 0 Å². The largest absolute Gasteiger partial charge is 0.462 e. The topological polar surface area (TPSA) is 78.9 Å². The Hall–Kier alpha value is -3.15. The highest BCUT2D eigenvalue weighted by Gasteiger charge is 2.19. The molecule has 0 rings (SSSR count). The van der Waals surface area contributed by atoms with E-state index in [4.69, 9.17) is 14.2 Å². The van der Waals surface area contributed by atoms with Gasteiger partial charge in [-0.05, 0) is 70.6 Å². The van der Waals surface area contributed by atoms with Gasteiger partial charge in [0.05, 0.1) is 0 Å². The Balaban J connectivity index is 4.13. The predicted molar refractivity (Wildman–Crippen MR) is 339 cm³/mol. The Bertz CT molecular complexity index is 1440. The monoisotopic (exact) mass is 1090 g/mol. The zero-order valence-corrected chi connectivity index (χ0v) is 51.9. The first-order chi connectivity index (χ1) is 38.5. The van der Waals surface area contributed by atoms with Crippen LogP contribution in [0.4, 0.5) is 0 Å². The molecule has 0 aromatic heterocycles. The van der Waals surface area contributed by atoms with Crippen LogP contribution in [0.2, 0.25) is 0 Å². The molecule has 0 aliphatic heterocycles. The molecule has 6 heteroatoms. The third-order valence-electron chi connectivity index (χ3n) is 15.0. The van der Waals surface area contributed by atoms with Crippen molar-refractivity contribution >= 4 is 17.9 Å². The number of hydrogen-bond donors (Lipinski definition) is 0. The average Bonchev–Trinajstić information content (AvgIpc) is 3.44. The number of carbonyl (C=O) groups is 3. The molecule has 0 aromatic carbocycles. The van der Waals surface area contributed by atoms with Crippen LogP contribution in [0.5, 0.6) is 0 Å². The van der Waals surface area contributed by atoms with Gasteiger partial charge in [0.15, 0.2) is 6.10 Å². The molecule has 6 nitrogen and oxygen atoms in total. The zero-order valence-electron chi connectivity index (χ0n) is 51.9. The number of carbonyl (C=O) groups excluding carboxylic acids is 3. The third kappa shape index (κ3) is 63.7. The summed E-state index contributed by atoms with van der Waals surface area (Å²) in [6.07, 6.45) is 86.4. The molecule has 0 aliphatic rings. The van der Waals surface area contributed by atoms with Crippen LogP contribution in [-0.4, -0.2) is 37.2 Å². The SMILES string of the molecule is CC/C=C\C/C=C\C/C=C\C/C=C\C/C=C\C/C=C\CCCCCCCCCCCCCCCCC(=O)OCC(COC(=O)CCCCCCCCCCCCC)OC(=O)CCCCCCCCCCCCCCCCCC. The highest BCUT2D eigenvalue weighted by molar-refractivity contribution is 5.71. The number of ether oxygens (including phenoxy) is 3. The van der Waals surface area contributed by atoms with Crippen LogP contribution in [0.1, 0.15) is 348 Å². The van der Waals surface area contributed by atoms with Crippen LogP contribution in [0.15, 0.2) is 72.9 Å². The highest BCUT2D eigenvalue weighted by atomic mass is 16.6. The Morgan fingerprint density at radius 3 is 0.782 bits per heavy atom. The van der Waals surface area contributed by atoms with Gasteiger partial charge in [-0.1, -0.05) is 331 Å². The van der Waals surface area contributed by atoms with Gasteiger partial charge in [-0.25, -0.2) is 0 Å². The summed E-state index contributed by atoms with van der Waals surface area (Å²) in [6, 6.07) is 0. The van der Waals surface area contributed by atoms with Crippen LogP contribution < -0.4 is 0 Å². The van der Waals surface area contributed by atoms with Crippen LogP contribution in [-0.2, 0) is 28.6 Å². The lowest BCUT2D eigenvalue weighted by Crippen LogP contribution is -2.30. The molecule has 0 aromatic rings. The molecule has 0 aliphatic carbocycles. The Morgan fingerprint density at radius 1 is 0.269 bits per heavy atom. The number of rotatable bonds is 62. The van der Waals surface area contributed by atoms with Crippen molar-refractivity contribution in [2.45, 2.75) is 354 Å². The lowest BCUT2D eigenvalue weighted by atomic mass is 10.0. The van der Waals surface area contributed by atoms with Gasteiger partial charge in [0.2, 0.25) is 0 Å². The van der Waals surface area contributed by atoms with E-state index in [1.807, 2.05) is 0 Å². The molecule has 1 atom stereocenters. The van der Waals surface area contributed by atoms with Gasteiger partial charge in [0, 0.05) is 19.3 Å². The zero-order chi connectivity index (χ0) is 56.4. The van der Waals surface area contributed by atoms with Crippen LogP contribution in [0.25, 0.3) is 0 Å². The highest BCUT2D eigenvalue weighted by Crippen LogP contribution is 2.18. The van der Waals surface area contributed by atoms with Gasteiger partial charge >= 0.3 is 17.9 Å². The van der Waals surface area contributed by atoms with E-state index < -0.39 is 6.10 Å². The summed E-state index contributed by atoms with van der Waals surface area (Å²) in [5.74, 6) is -0.848. The molecular formula is C72H128O6. The third-order valence-corrected chi connectivity index (χ3v) is 15.0. The summed E-state index contributed by atoms with van der Waals surface area (Å²) in [5, 5.41) is 0. The molecule has 78 heavy (non-hydrogen) atoms. The molecule has 0 spiro atoms. The smallest absolute Gasteiger partial charge is 0.306 e. The second-order valence-corrected chi connectivity index (χ2v) is 22.7. The Morgan fingerprint density at radius 2 is 0.500 bits per heavy atom. The van der Waals surface area contributed by atoms with Crippen molar-refractivity contribution in [3.63, 3.8) is 0 Å². The van der Waals surface area contributed by atoms with E-state index in [1.54, 1.807) is 0 Å². The maximum Gasteiger partial charge on any atom is 0.306 e. The lowest BCUT2D eigenvalue weighted by molar-refractivity contribution is -0.167. The molecule has 0 saturated heterocycles. The van der Waals surface area contributed by atoms with E-state index in [9.17, 15) is 14.4 Å². The van der Waals surface area contributed by atoms with Crippen LogP contribution >= 0.6 is 0 Å². The minimum absolute atomic E-state index is 0.0683. The molecule has 0 saturated carbocycles. The summed E-state index contributed by atoms with van der Waals surface area (Å²) in [5.41, 5.74) is 0. The van der Waals surface area contributed by atoms with Crippen molar-refractivity contribution in [2.75, 3.05) is 13.2 Å². The molecule has 0 fully saturated rings. The van der Waals surface area contributed by atoms with Crippen LogP contribution in [0.3, 0.4) is 0 Å². The molecule has 0 radical (unpaired) electrons. The summed E-state index contributed by atoms with van der Waals surface area (Å²) >= 11 is 0. The lowest BCUT2D eigenvalue weighted by Gasteiger charge is -2.18. The number of unbranched alkanes of at least 4 members (excludes halogenated alkanes) is 39. The van der Waals surface area contributed by atoms with Crippen molar-refractivity contribution < 1.29 is 28.6 Å². The molecule has 0 N–H and O–H groups in total. The summed E-state index contributed by atoms with van der Waals surface area (Å²) < 4.78 is 16.9. The summed E-state index contributed by atoms with van der Waals surface area (Å²) in [4.78, 5) is 38.3. The minimum Gasteiger partial charge on any atom is -0.462 e. The first-order valence-corrected chi connectivity index (χ1v) is 33.9. The van der Waals surface area contributed by atoms with Crippen LogP contribution in [0, 0.1) is 0 Å². The molecular weight excluding hydrogens is 961 g/mol. The van der Waals surface area contributed by atoms with Gasteiger partial charge in [-0.2, -0.15) is 0 Å². The van der Waals surface area contributed by atoms with Gasteiger partial charge in [-0.3, -0.25) is 14.4 Å². The fraction of sp³-hybridized carbons (Fsp3) is 0.792. The van der Waals surface area contributed by atoms with E-state index in [0.717, 1.165) is 96.3 Å². The maximum atomic E-state index is 12.9. The second-order valence-electron chi connectivity index (χ2n) is 22.7. The van der Waals surface area contributed by atoms with E-state index in [1.165, 1.54) is 212 Å². The maximum absolute atomic E-state index is 12.9. The quantitative estimate of drug-likeness (QED) is 0.0261. The number of hydrogen-bond acceptors (Lipinski definition) is 6. The van der Waals surface area contributed by atoms with Gasteiger partial charge in [0.25, 0.3) is 0 Å². The van der Waals surface area contributed by atoms with Gasteiger partial charge in [0.1, 0.15) is 13.2 Å². The second kappa shape index (κ2) is 66.4. The van der Waals surface area contributed by atoms with Crippen molar-refractivity contribution in [3.05, 3.63) is 72.9 Å². The van der Waals surface area contributed by atoms with Crippen molar-refractivity contribution in [3.8, 4) is 0 Å². The van der Waals surface area contributed by atoms with E-state index in [0.29, 0.717) is 19.3 Å². The average molecular weight is 1090 g/mol. The Kier molecular flexibility index (Phi) is 63.7. The number of allylic oxidation sites excluding steroid dienone is 12.